The fraction of sp³-hybridized carbons (Fsp3) is 0.769. The van der Waals surface area contributed by atoms with E-state index in [1.165, 1.54) is 107 Å². The molecule has 1 heteroatoms. The van der Waals surface area contributed by atoms with Crippen LogP contribution in [0, 0.1) is 13.8 Å². The van der Waals surface area contributed by atoms with Crippen LogP contribution in [0.2, 0.25) is 0 Å². The molecule has 0 aromatic heterocycles. The van der Waals surface area contributed by atoms with Crippen LogP contribution in [0.15, 0.2) is 12.1 Å². The topological polar surface area (TPSA) is 20.2 Å². The van der Waals surface area contributed by atoms with Gasteiger partial charge in [-0.1, -0.05) is 110 Å². The number of rotatable bonds is 16. The summed E-state index contributed by atoms with van der Waals surface area (Å²) in [5.74, 6) is 0.998. The Balaban J connectivity index is 1.98. The zero-order valence-corrected chi connectivity index (χ0v) is 18.8. The van der Waals surface area contributed by atoms with E-state index in [1.807, 2.05) is 6.07 Å². The zero-order chi connectivity index (χ0) is 19.9. The first-order valence-electron chi connectivity index (χ1n) is 11.9. The molecule has 27 heavy (non-hydrogen) atoms. The highest BCUT2D eigenvalue weighted by Crippen LogP contribution is 2.32. The Labute approximate surface area is 170 Å². The minimum atomic E-state index is 0.448. The predicted molar refractivity (Wildman–Crippen MR) is 121 cm³/mol. The summed E-state index contributed by atoms with van der Waals surface area (Å²) in [5.41, 5.74) is 3.76. The molecule has 0 fully saturated rings. The fourth-order valence-corrected chi connectivity index (χ4v) is 4.40. The summed E-state index contributed by atoms with van der Waals surface area (Å²) in [7, 11) is 0. The van der Waals surface area contributed by atoms with Crippen molar-refractivity contribution in [1.82, 2.24) is 0 Å². The number of phenols is 1. The summed E-state index contributed by atoms with van der Waals surface area (Å²) in [5, 5.41) is 9.97. The van der Waals surface area contributed by atoms with E-state index in [9.17, 15) is 5.11 Å². The van der Waals surface area contributed by atoms with E-state index in [1.54, 1.807) is 0 Å². The SMILES string of the molecule is CCCCCCCCCCCCCCCCC(C)c1c(C)ccc(O)c1C. The van der Waals surface area contributed by atoms with Gasteiger partial charge in [0.1, 0.15) is 5.75 Å². The van der Waals surface area contributed by atoms with Gasteiger partial charge in [-0.2, -0.15) is 0 Å². The maximum Gasteiger partial charge on any atom is 0.118 e. The van der Waals surface area contributed by atoms with Gasteiger partial charge in [0, 0.05) is 0 Å². The van der Waals surface area contributed by atoms with Gasteiger partial charge in [0.15, 0.2) is 0 Å². The van der Waals surface area contributed by atoms with Crippen LogP contribution in [-0.4, -0.2) is 5.11 Å². The molecule has 0 radical (unpaired) electrons. The third kappa shape index (κ3) is 10.2. The predicted octanol–water partition coefficient (Wildman–Crippen LogP) is 8.98. The van der Waals surface area contributed by atoms with Crippen molar-refractivity contribution in [2.24, 2.45) is 0 Å². The lowest BCUT2D eigenvalue weighted by molar-refractivity contribution is 0.467. The van der Waals surface area contributed by atoms with Gasteiger partial charge in [0.05, 0.1) is 0 Å². The molecule has 1 rings (SSSR count). The summed E-state index contributed by atoms with van der Waals surface area (Å²) in [6.07, 6.45) is 21.1. The first-order chi connectivity index (χ1) is 13.1. The number of benzene rings is 1. The molecule has 1 aromatic rings. The number of hydrogen-bond donors (Lipinski definition) is 1. The highest BCUT2D eigenvalue weighted by atomic mass is 16.3. The Kier molecular flexibility index (Phi) is 13.4. The second-order valence-corrected chi connectivity index (χ2v) is 8.73. The van der Waals surface area contributed by atoms with E-state index in [4.69, 9.17) is 0 Å². The lowest BCUT2D eigenvalue weighted by atomic mass is 9.88. The van der Waals surface area contributed by atoms with Crippen LogP contribution in [0.5, 0.6) is 5.75 Å². The minimum Gasteiger partial charge on any atom is -0.508 e. The van der Waals surface area contributed by atoms with Crippen molar-refractivity contribution in [2.75, 3.05) is 0 Å². The summed E-state index contributed by atoms with van der Waals surface area (Å²) in [6.45, 7) is 8.83. The standard InChI is InChI=1S/C26H46O/c1-5-6-7-8-9-10-11-12-13-14-15-16-17-18-19-22(2)26-23(3)20-21-25(27)24(26)4/h20-22,27H,5-19H2,1-4H3. The van der Waals surface area contributed by atoms with Gasteiger partial charge < -0.3 is 5.11 Å². The molecule has 0 bridgehead atoms. The molecule has 1 aromatic carbocycles. The molecule has 156 valence electrons. The summed E-state index contributed by atoms with van der Waals surface area (Å²) < 4.78 is 0. The van der Waals surface area contributed by atoms with Crippen LogP contribution < -0.4 is 0 Å². The number of aryl methyl sites for hydroxylation is 1. The smallest absolute Gasteiger partial charge is 0.118 e. The maximum atomic E-state index is 9.97. The van der Waals surface area contributed by atoms with E-state index in [0.29, 0.717) is 11.7 Å². The number of hydrogen-bond acceptors (Lipinski definition) is 1. The molecule has 1 N–H and O–H groups in total. The first-order valence-corrected chi connectivity index (χ1v) is 11.9. The third-order valence-corrected chi connectivity index (χ3v) is 6.19. The molecule has 0 spiro atoms. The van der Waals surface area contributed by atoms with Crippen LogP contribution in [0.1, 0.15) is 133 Å². The Morgan fingerprint density at radius 2 is 1.15 bits per heavy atom. The highest BCUT2D eigenvalue weighted by molar-refractivity contribution is 5.44. The second kappa shape index (κ2) is 15.0. The van der Waals surface area contributed by atoms with E-state index in [0.717, 1.165) is 5.56 Å². The van der Waals surface area contributed by atoms with Crippen molar-refractivity contribution in [2.45, 2.75) is 130 Å². The van der Waals surface area contributed by atoms with Crippen molar-refractivity contribution in [1.29, 1.82) is 0 Å². The number of phenolic OH excluding ortho intramolecular Hbond substituents is 1. The average Bonchev–Trinajstić information content (AvgIpc) is 2.65. The molecule has 0 aliphatic heterocycles. The van der Waals surface area contributed by atoms with Gasteiger partial charge in [0.2, 0.25) is 0 Å². The Morgan fingerprint density at radius 3 is 1.63 bits per heavy atom. The molecule has 0 aliphatic rings. The molecule has 0 amide bonds. The molecule has 1 atom stereocenters. The van der Waals surface area contributed by atoms with Crippen LogP contribution in [0.25, 0.3) is 0 Å². The molecular formula is C26H46O. The summed E-state index contributed by atoms with van der Waals surface area (Å²) in [6, 6.07) is 3.88. The van der Waals surface area contributed by atoms with Crippen molar-refractivity contribution in [3.05, 3.63) is 28.8 Å². The van der Waals surface area contributed by atoms with Crippen LogP contribution in [0.4, 0.5) is 0 Å². The normalized spacial score (nSPS) is 12.4. The van der Waals surface area contributed by atoms with Gasteiger partial charge in [-0.25, -0.2) is 0 Å². The van der Waals surface area contributed by atoms with Gasteiger partial charge >= 0.3 is 0 Å². The largest absolute Gasteiger partial charge is 0.508 e. The van der Waals surface area contributed by atoms with Crippen LogP contribution >= 0.6 is 0 Å². The molecule has 0 aliphatic carbocycles. The van der Waals surface area contributed by atoms with Crippen molar-refractivity contribution in [3.63, 3.8) is 0 Å². The maximum absolute atomic E-state index is 9.97. The molecule has 1 unspecified atom stereocenters. The molecule has 1 nitrogen and oxygen atoms in total. The van der Waals surface area contributed by atoms with Crippen LogP contribution in [0.3, 0.4) is 0 Å². The van der Waals surface area contributed by atoms with E-state index < -0.39 is 0 Å². The van der Waals surface area contributed by atoms with Gasteiger partial charge in [-0.05, 0) is 48.9 Å². The van der Waals surface area contributed by atoms with Crippen molar-refractivity contribution < 1.29 is 5.11 Å². The van der Waals surface area contributed by atoms with Gasteiger partial charge in [0.25, 0.3) is 0 Å². The van der Waals surface area contributed by atoms with Gasteiger partial charge in [-0.15, -0.1) is 0 Å². The minimum absolute atomic E-state index is 0.448. The average molecular weight is 375 g/mol. The lowest BCUT2D eigenvalue weighted by Crippen LogP contribution is -2.00. The van der Waals surface area contributed by atoms with E-state index in [-0.39, 0.29) is 0 Å². The van der Waals surface area contributed by atoms with Crippen molar-refractivity contribution in [3.8, 4) is 5.75 Å². The highest BCUT2D eigenvalue weighted by Gasteiger charge is 2.13. The lowest BCUT2D eigenvalue weighted by Gasteiger charge is -2.18. The first kappa shape index (κ1) is 24.1. The quantitative estimate of drug-likeness (QED) is 0.286. The second-order valence-electron chi connectivity index (χ2n) is 8.73. The van der Waals surface area contributed by atoms with Crippen LogP contribution in [-0.2, 0) is 0 Å². The number of aromatic hydroxyl groups is 1. The van der Waals surface area contributed by atoms with E-state index >= 15 is 0 Å². The Morgan fingerprint density at radius 1 is 0.704 bits per heavy atom. The molecular weight excluding hydrogens is 328 g/mol. The molecule has 0 heterocycles. The van der Waals surface area contributed by atoms with Gasteiger partial charge in [-0.3, -0.25) is 0 Å². The number of unbranched alkanes of at least 4 members (excludes halogenated alkanes) is 13. The fourth-order valence-electron chi connectivity index (χ4n) is 4.40. The zero-order valence-electron chi connectivity index (χ0n) is 18.8. The molecule has 0 saturated carbocycles. The van der Waals surface area contributed by atoms with E-state index in [2.05, 4.69) is 33.8 Å². The Hall–Kier alpha value is -0.980. The molecule has 0 saturated heterocycles. The van der Waals surface area contributed by atoms with Crippen molar-refractivity contribution >= 4 is 0 Å². The monoisotopic (exact) mass is 374 g/mol. The summed E-state index contributed by atoms with van der Waals surface area (Å²) in [4.78, 5) is 0. The summed E-state index contributed by atoms with van der Waals surface area (Å²) >= 11 is 0. The third-order valence-electron chi connectivity index (χ3n) is 6.19. The Bertz CT molecular complexity index is 491.